The number of rotatable bonds is 9. The van der Waals surface area contributed by atoms with Crippen molar-refractivity contribution >= 4 is 23.4 Å². The van der Waals surface area contributed by atoms with Crippen molar-refractivity contribution in [2.75, 3.05) is 14.2 Å². The molecule has 0 fully saturated rings. The fourth-order valence-corrected chi connectivity index (χ4v) is 3.49. The zero-order valence-electron chi connectivity index (χ0n) is 19.7. The van der Waals surface area contributed by atoms with Gasteiger partial charge in [-0.15, -0.1) is 0 Å². The van der Waals surface area contributed by atoms with Gasteiger partial charge in [0.2, 0.25) is 11.8 Å². The third-order valence-electron chi connectivity index (χ3n) is 5.04. The fourth-order valence-electron chi connectivity index (χ4n) is 3.30. The molecule has 0 aliphatic heterocycles. The molecule has 0 unspecified atom stereocenters. The molecule has 0 aromatic heterocycles. The molecule has 1 atom stereocenters. The number of ether oxygens (including phenoxy) is 2. The lowest BCUT2D eigenvalue weighted by Crippen LogP contribution is -2.52. The first-order valence-corrected chi connectivity index (χ1v) is 11.0. The summed E-state index contributed by atoms with van der Waals surface area (Å²) >= 11 is 6.33. The molecule has 0 saturated carbocycles. The summed E-state index contributed by atoms with van der Waals surface area (Å²) in [6.45, 7) is 7.73. The lowest BCUT2D eigenvalue weighted by molar-refractivity contribution is -0.141. The number of hydrogen-bond donors (Lipinski definition) is 1. The average molecular weight is 461 g/mol. The lowest BCUT2D eigenvalue weighted by Gasteiger charge is -2.31. The van der Waals surface area contributed by atoms with Crippen molar-refractivity contribution in [3.8, 4) is 11.5 Å². The molecule has 0 spiro atoms. The van der Waals surface area contributed by atoms with E-state index >= 15 is 0 Å². The average Bonchev–Trinajstić information content (AvgIpc) is 2.75. The quantitative estimate of drug-likeness (QED) is 0.592. The van der Waals surface area contributed by atoms with E-state index in [1.165, 1.54) is 0 Å². The second-order valence-electron chi connectivity index (χ2n) is 8.72. The Labute approximate surface area is 195 Å². The van der Waals surface area contributed by atoms with Gasteiger partial charge in [-0.05, 0) is 63.4 Å². The van der Waals surface area contributed by atoms with Crippen LogP contribution in [0.5, 0.6) is 11.5 Å². The second kappa shape index (κ2) is 11.2. The van der Waals surface area contributed by atoms with E-state index in [2.05, 4.69) is 5.32 Å². The molecule has 6 nitrogen and oxygen atoms in total. The Morgan fingerprint density at radius 3 is 2.31 bits per heavy atom. The molecule has 7 heteroatoms. The summed E-state index contributed by atoms with van der Waals surface area (Å²) in [6.07, 6.45) is 0.749. The topological polar surface area (TPSA) is 67.9 Å². The molecular weight excluding hydrogens is 428 g/mol. The summed E-state index contributed by atoms with van der Waals surface area (Å²) < 4.78 is 10.6. The third kappa shape index (κ3) is 7.16. The molecule has 2 amide bonds. The van der Waals surface area contributed by atoms with E-state index in [4.69, 9.17) is 21.1 Å². The van der Waals surface area contributed by atoms with Gasteiger partial charge in [0.1, 0.15) is 6.04 Å². The summed E-state index contributed by atoms with van der Waals surface area (Å²) in [4.78, 5) is 27.7. The number of aryl methyl sites for hydroxylation is 1. The number of carbonyl (C=O) groups excluding carboxylic acids is 2. The number of halogens is 1. The van der Waals surface area contributed by atoms with E-state index in [1.54, 1.807) is 32.1 Å². The van der Waals surface area contributed by atoms with Crippen LogP contribution in [0.15, 0.2) is 42.5 Å². The minimum Gasteiger partial charge on any atom is -0.493 e. The van der Waals surface area contributed by atoms with Crippen molar-refractivity contribution in [3.63, 3.8) is 0 Å². The van der Waals surface area contributed by atoms with Crippen molar-refractivity contribution in [2.24, 2.45) is 0 Å². The number of carbonyl (C=O) groups is 2. The molecule has 2 aromatic rings. The molecule has 32 heavy (non-hydrogen) atoms. The first kappa shape index (κ1) is 25.5. The van der Waals surface area contributed by atoms with Crippen LogP contribution in [-0.4, -0.2) is 42.5 Å². The van der Waals surface area contributed by atoms with Gasteiger partial charge < -0.3 is 19.7 Å². The van der Waals surface area contributed by atoms with Crippen molar-refractivity contribution in [2.45, 2.75) is 58.7 Å². The largest absolute Gasteiger partial charge is 0.493 e. The van der Waals surface area contributed by atoms with E-state index in [1.807, 2.05) is 57.2 Å². The Morgan fingerprint density at radius 1 is 1.06 bits per heavy atom. The van der Waals surface area contributed by atoms with Gasteiger partial charge in [0.05, 0.1) is 14.2 Å². The molecule has 0 aliphatic carbocycles. The molecule has 1 N–H and O–H groups in total. The molecule has 2 rings (SSSR count). The molecule has 174 valence electrons. The molecule has 0 bridgehead atoms. The maximum absolute atomic E-state index is 13.3. The number of amides is 2. The van der Waals surface area contributed by atoms with Crippen molar-refractivity contribution < 1.29 is 19.1 Å². The van der Waals surface area contributed by atoms with E-state index < -0.39 is 11.6 Å². The predicted octanol–water partition coefficient (Wildman–Crippen LogP) is 4.62. The normalized spacial score (nSPS) is 12.1. The number of nitrogens with zero attached hydrogens (tertiary/aromatic N) is 1. The van der Waals surface area contributed by atoms with Gasteiger partial charge in [0, 0.05) is 23.5 Å². The van der Waals surface area contributed by atoms with E-state index in [-0.39, 0.29) is 24.8 Å². The molecule has 0 aliphatic rings. The summed E-state index contributed by atoms with van der Waals surface area (Å²) in [5, 5.41) is 3.52. The Balaban J connectivity index is 2.21. The minimum atomic E-state index is -0.650. The van der Waals surface area contributed by atoms with Crippen LogP contribution >= 0.6 is 11.6 Å². The van der Waals surface area contributed by atoms with Crippen LogP contribution in [0.2, 0.25) is 5.02 Å². The number of benzene rings is 2. The zero-order valence-corrected chi connectivity index (χ0v) is 20.5. The van der Waals surface area contributed by atoms with Crippen LogP contribution in [0.3, 0.4) is 0 Å². The monoisotopic (exact) mass is 460 g/mol. The number of hydrogen-bond acceptors (Lipinski definition) is 4. The molecular formula is C25H33ClN2O4. The van der Waals surface area contributed by atoms with Gasteiger partial charge in [0.25, 0.3) is 0 Å². The Bertz CT molecular complexity index is 940. The van der Waals surface area contributed by atoms with Gasteiger partial charge in [-0.3, -0.25) is 9.59 Å². The maximum atomic E-state index is 13.3. The SMILES string of the molecule is COc1ccc(CCC(=O)N(Cc2ccccc2Cl)[C@H](C)C(=O)NC(C)(C)C)cc1OC. The highest BCUT2D eigenvalue weighted by Crippen LogP contribution is 2.28. The third-order valence-corrected chi connectivity index (χ3v) is 5.41. The summed E-state index contributed by atoms with van der Waals surface area (Å²) in [6, 6.07) is 12.3. The maximum Gasteiger partial charge on any atom is 0.242 e. The molecule has 2 aromatic carbocycles. The lowest BCUT2D eigenvalue weighted by atomic mass is 10.1. The van der Waals surface area contributed by atoms with Crippen molar-refractivity contribution in [3.05, 3.63) is 58.6 Å². The van der Waals surface area contributed by atoms with Crippen molar-refractivity contribution in [1.82, 2.24) is 10.2 Å². The Morgan fingerprint density at radius 2 is 1.72 bits per heavy atom. The second-order valence-corrected chi connectivity index (χ2v) is 9.12. The zero-order chi connectivity index (χ0) is 23.9. The first-order valence-electron chi connectivity index (χ1n) is 10.6. The van der Waals surface area contributed by atoms with E-state index in [0.29, 0.717) is 22.9 Å². The predicted molar refractivity (Wildman–Crippen MR) is 127 cm³/mol. The Kier molecular flexibility index (Phi) is 8.96. The minimum absolute atomic E-state index is 0.128. The molecule has 0 radical (unpaired) electrons. The smallest absolute Gasteiger partial charge is 0.242 e. The van der Waals surface area contributed by atoms with Crippen LogP contribution < -0.4 is 14.8 Å². The highest BCUT2D eigenvalue weighted by molar-refractivity contribution is 6.31. The highest BCUT2D eigenvalue weighted by Gasteiger charge is 2.28. The van der Waals surface area contributed by atoms with Gasteiger partial charge in [0.15, 0.2) is 11.5 Å². The van der Waals surface area contributed by atoms with Crippen LogP contribution in [0.25, 0.3) is 0 Å². The fraction of sp³-hybridized carbons (Fsp3) is 0.440. The van der Waals surface area contributed by atoms with Crippen LogP contribution in [0.1, 0.15) is 45.2 Å². The van der Waals surface area contributed by atoms with E-state index in [0.717, 1.165) is 11.1 Å². The van der Waals surface area contributed by atoms with Gasteiger partial charge >= 0.3 is 0 Å². The molecule has 0 heterocycles. The van der Waals surface area contributed by atoms with Gasteiger partial charge in [-0.25, -0.2) is 0 Å². The summed E-state index contributed by atoms with van der Waals surface area (Å²) in [5.41, 5.74) is 1.34. The molecule has 0 saturated heterocycles. The van der Waals surface area contributed by atoms with Gasteiger partial charge in [-0.2, -0.15) is 0 Å². The summed E-state index contributed by atoms with van der Waals surface area (Å²) in [5.74, 6) is 0.916. The first-order chi connectivity index (χ1) is 15.1. The standard InChI is InChI=1S/C25H33ClN2O4/c1-17(24(30)27-25(2,3)4)28(16-19-9-7-8-10-20(19)26)23(29)14-12-18-11-13-21(31-5)22(15-18)32-6/h7-11,13,15,17H,12,14,16H2,1-6H3,(H,27,30)/t17-/m1/s1. The number of nitrogens with one attached hydrogen (secondary N) is 1. The van der Waals surface area contributed by atoms with Crippen LogP contribution in [0, 0.1) is 0 Å². The number of methoxy groups -OCH3 is 2. The van der Waals surface area contributed by atoms with Crippen LogP contribution in [-0.2, 0) is 22.6 Å². The van der Waals surface area contributed by atoms with E-state index in [9.17, 15) is 9.59 Å². The van der Waals surface area contributed by atoms with Crippen molar-refractivity contribution in [1.29, 1.82) is 0 Å². The Hall–Kier alpha value is -2.73. The van der Waals surface area contributed by atoms with Gasteiger partial charge in [-0.1, -0.05) is 35.9 Å². The highest BCUT2D eigenvalue weighted by atomic mass is 35.5. The summed E-state index contributed by atoms with van der Waals surface area (Å²) in [7, 11) is 3.16. The van der Waals surface area contributed by atoms with Crippen LogP contribution in [0.4, 0.5) is 0 Å².